The fraction of sp³-hybridized carbons (Fsp3) is 0.333. The van der Waals surface area contributed by atoms with Gasteiger partial charge in [0, 0.05) is 32.1 Å². The van der Waals surface area contributed by atoms with Crippen LogP contribution in [0.5, 0.6) is 23.1 Å². The van der Waals surface area contributed by atoms with Gasteiger partial charge in [0.25, 0.3) is 0 Å². The Bertz CT molecular complexity index is 1690. The van der Waals surface area contributed by atoms with Gasteiger partial charge in [-0.15, -0.1) is 0 Å². The van der Waals surface area contributed by atoms with E-state index in [9.17, 15) is 9.18 Å². The molecule has 1 saturated carbocycles. The number of nitrogens with two attached hydrogens (primary N) is 1. The fourth-order valence-corrected chi connectivity index (χ4v) is 6.59. The highest BCUT2D eigenvalue weighted by Gasteiger charge is 2.39. The molecule has 1 aliphatic heterocycles. The van der Waals surface area contributed by atoms with Crippen molar-refractivity contribution in [3.63, 3.8) is 0 Å². The van der Waals surface area contributed by atoms with E-state index in [1.54, 1.807) is 19.2 Å². The van der Waals surface area contributed by atoms with Gasteiger partial charge >= 0.3 is 0 Å². The van der Waals surface area contributed by atoms with Gasteiger partial charge in [0.15, 0.2) is 28.2 Å². The third kappa shape index (κ3) is 6.29. The first-order valence-electron chi connectivity index (χ1n) is 14.5. The molecule has 2 unspecified atom stereocenters. The van der Waals surface area contributed by atoms with E-state index in [0.29, 0.717) is 34.9 Å². The molecule has 0 bridgehead atoms. The molecule has 3 aliphatic carbocycles. The van der Waals surface area contributed by atoms with Crippen LogP contribution in [0.1, 0.15) is 19.8 Å². The topological polar surface area (TPSA) is 103 Å². The van der Waals surface area contributed by atoms with Gasteiger partial charge in [-0.1, -0.05) is 18.2 Å². The van der Waals surface area contributed by atoms with E-state index < -0.39 is 11.7 Å². The summed E-state index contributed by atoms with van der Waals surface area (Å²) in [5, 5.41) is 0.355. The summed E-state index contributed by atoms with van der Waals surface area (Å²) in [4.78, 5) is 23.9. The minimum atomic E-state index is -0.712. The number of nitrogens with zero attached hydrogens (tertiary/aromatic N) is 4. The second kappa shape index (κ2) is 12.3. The number of hydrogen-bond acceptors (Lipinski definition) is 8. The third-order valence-electron chi connectivity index (χ3n) is 8.42. The molecule has 1 aromatic heterocycles. The molecule has 1 saturated heterocycles. The largest absolute Gasteiger partial charge is 0.493 e. The molecule has 228 valence electrons. The van der Waals surface area contributed by atoms with Crippen molar-refractivity contribution in [3.05, 3.63) is 66.7 Å². The molecule has 0 radical (unpaired) electrons. The number of methoxy groups -OCH3 is 1. The molecule has 2 N–H and O–H groups in total. The van der Waals surface area contributed by atoms with Crippen LogP contribution in [0.15, 0.2) is 60.9 Å². The van der Waals surface area contributed by atoms with Crippen molar-refractivity contribution in [2.75, 3.05) is 38.8 Å². The van der Waals surface area contributed by atoms with E-state index in [1.165, 1.54) is 62.4 Å². The maximum absolute atomic E-state index is 14.9. The monoisotopic (exact) mass is 615 g/mol. The molecule has 11 heteroatoms. The van der Waals surface area contributed by atoms with Crippen molar-refractivity contribution in [2.45, 2.75) is 19.8 Å². The lowest BCUT2D eigenvalue weighted by Crippen LogP contribution is -2.39. The van der Waals surface area contributed by atoms with Crippen molar-refractivity contribution >= 4 is 39.8 Å². The highest BCUT2D eigenvalue weighted by atomic mass is 32.1. The first kappa shape index (κ1) is 29.7. The summed E-state index contributed by atoms with van der Waals surface area (Å²) >= 11 is 4.90. The van der Waals surface area contributed by atoms with E-state index in [0.717, 1.165) is 22.8 Å². The zero-order valence-electron chi connectivity index (χ0n) is 24.8. The lowest BCUT2D eigenvalue weighted by Gasteiger charge is -2.19. The maximum Gasteiger partial charge on any atom is 0.230 e. The summed E-state index contributed by atoms with van der Waals surface area (Å²) in [6, 6.07) is 16.0. The van der Waals surface area contributed by atoms with Crippen LogP contribution in [0.3, 0.4) is 0 Å². The zero-order chi connectivity index (χ0) is 31.0. The molecule has 2 aromatic carbocycles. The van der Waals surface area contributed by atoms with Crippen molar-refractivity contribution in [2.24, 2.45) is 23.5 Å². The molecule has 0 spiro atoms. The molecule has 9 nitrogen and oxygen atoms in total. The van der Waals surface area contributed by atoms with Crippen LogP contribution in [0, 0.1) is 23.6 Å². The Kier molecular flexibility index (Phi) is 8.33. The number of anilines is 1. The highest BCUT2D eigenvalue weighted by Crippen LogP contribution is 2.42. The first-order valence-corrected chi connectivity index (χ1v) is 14.9. The summed E-state index contributed by atoms with van der Waals surface area (Å²) < 4.78 is 32.6. The number of halogens is 1. The highest BCUT2D eigenvalue weighted by molar-refractivity contribution is 7.80. The minimum Gasteiger partial charge on any atom is -0.493 e. The number of hydrogen-bond donors (Lipinski definition) is 1. The molecular formula is C33H34FN5O4S. The van der Waals surface area contributed by atoms with Crippen LogP contribution in [0.25, 0.3) is 22.0 Å². The van der Waals surface area contributed by atoms with Gasteiger partial charge < -0.3 is 24.8 Å². The number of aromatic nitrogens is 2. The number of rotatable bonds is 7. The number of carbonyl (C=O) groups excluding carboxylic acids is 1. The molecule has 2 fully saturated rings. The lowest BCUT2D eigenvalue weighted by molar-refractivity contribution is -0.115. The number of ether oxygens (including phenoxy) is 3. The van der Waals surface area contributed by atoms with Gasteiger partial charge in [0.05, 0.1) is 30.3 Å². The van der Waals surface area contributed by atoms with Gasteiger partial charge in [0.2, 0.25) is 11.8 Å². The normalized spacial score (nSPS) is 19.5. The van der Waals surface area contributed by atoms with Crippen LogP contribution >= 0.6 is 12.2 Å². The predicted octanol–water partition coefficient (Wildman–Crippen LogP) is 5.80. The number of benzene rings is 3. The second-order valence-corrected chi connectivity index (χ2v) is 12.0. The lowest BCUT2D eigenvalue weighted by atomic mass is 10.0. The Balaban J connectivity index is 0.000000503. The molecule has 44 heavy (non-hydrogen) atoms. The number of amides is 1. The summed E-state index contributed by atoms with van der Waals surface area (Å²) in [6.07, 6.45) is 3.70. The Labute approximate surface area is 260 Å². The number of likely N-dealkylation sites (tertiary alicyclic amines) is 1. The third-order valence-corrected chi connectivity index (χ3v) is 8.60. The van der Waals surface area contributed by atoms with E-state index in [1.807, 2.05) is 0 Å². The fourth-order valence-electron chi connectivity index (χ4n) is 6.35. The van der Waals surface area contributed by atoms with Gasteiger partial charge in [-0.3, -0.25) is 9.69 Å². The number of fused-ring (bicyclic) bond motifs is 3. The summed E-state index contributed by atoms with van der Waals surface area (Å²) in [5.74, 6) is 2.06. The molecule has 7 rings (SSSR count). The van der Waals surface area contributed by atoms with Gasteiger partial charge in [-0.2, -0.15) is 0 Å². The Morgan fingerprint density at radius 1 is 1.05 bits per heavy atom. The Morgan fingerprint density at radius 3 is 2.34 bits per heavy atom. The molecule has 2 heterocycles. The van der Waals surface area contributed by atoms with Crippen molar-refractivity contribution in [1.82, 2.24) is 14.9 Å². The molecule has 1 amide bonds. The quantitative estimate of drug-likeness (QED) is 0.228. The second-order valence-electron chi connectivity index (χ2n) is 11.6. The van der Waals surface area contributed by atoms with Crippen molar-refractivity contribution in [1.29, 1.82) is 0 Å². The smallest absolute Gasteiger partial charge is 0.230 e. The van der Waals surface area contributed by atoms with Crippen LogP contribution in [0.2, 0.25) is 0 Å². The van der Waals surface area contributed by atoms with E-state index in [2.05, 4.69) is 46.2 Å². The molecular weight excluding hydrogens is 581 g/mol. The van der Waals surface area contributed by atoms with Gasteiger partial charge in [0.1, 0.15) is 6.33 Å². The predicted molar refractivity (Wildman–Crippen MR) is 171 cm³/mol. The Morgan fingerprint density at radius 2 is 1.77 bits per heavy atom. The van der Waals surface area contributed by atoms with E-state index in [-0.39, 0.29) is 22.4 Å². The van der Waals surface area contributed by atoms with Crippen molar-refractivity contribution in [3.8, 4) is 34.3 Å². The van der Waals surface area contributed by atoms with Gasteiger partial charge in [-0.25, -0.2) is 14.4 Å². The van der Waals surface area contributed by atoms with Crippen LogP contribution < -0.4 is 24.8 Å². The summed E-state index contributed by atoms with van der Waals surface area (Å²) in [7, 11) is 3.75. The van der Waals surface area contributed by atoms with Crippen LogP contribution in [0.4, 0.5) is 10.1 Å². The SMILES string of the molecule is COc1cc2c(Oc3ccc(N(C(C)=O)C(N)=S)cc3F)ncnc2cc1OCC1CC2CN(C)CC2C1.c1cc2cc-2c1. The standard InChI is InChI=1S/C27H30FN5O4S.C6H4/c1-15(34)33(27(29)38)19-4-5-23(21(28)8-19)37-26-20-9-24(35-3)25(10-22(20)30-14-31-26)36-13-16-6-17-11-32(2)12-18(17)7-16;1-2-5-4-6(5)3-1/h4-5,8-10,14,16-18H,6-7,11-13H2,1-3H3,(H2,29,38);1-4H. The van der Waals surface area contributed by atoms with Crippen LogP contribution in [-0.4, -0.2) is 59.7 Å². The first-order chi connectivity index (χ1) is 21.2. The van der Waals surface area contributed by atoms with Gasteiger partial charge in [-0.05, 0) is 85.3 Å². The zero-order valence-corrected chi connectivity index (χ0v) is 25.6. The number of carbonyl (C=O) groups is 1. The average Bonchev–Trinajstić information content (AvgIpc) is 3.24. The summed E-state index contributed by atoms with van der Waals surface area (Å²) in [5.41, 5.74) is 9.23. The maximum atomic E-state index is 14.9. The van der Waals surface area contributed by atoms with E-state index >= 15 is 0 Å². The summed E-state index contributed by atoms with van der Waals surface area (Å²) in [6.45, 7) is 4.24. The average molecular weight is 616 g/mol. The number of thiocarbonyl (C=S) groups is 1. The Hall–Kier alpha value is -4.35. The molecule has 3 aromatic rings. The van der Waals surface area contributed by atoms with Crippen LogP contribution in [-0.2, 0) is 4.79 Å². The molecule has 2 atom stereocenters. The minimum absolute atomic E-state index is 0.0862. The van der Waals surface area contributed by atoms with E-state index in [4.69, 9.17) is 32.2 Å². The van der Waals surface area contributed by atoms with Crippen molar-refractivity contribution < 1.29 is 23.4 Å². The molecule has 4 aliphatic rings.